The lowest BCUT2D eigenvalue weighted by molar-refractivity contribution is -0.176. The molecule has 0 spiro atoms. The van der Waals surface area contributed by atoms with Gasteiger partial charge < -0.3 is 15.7 Å². The van der Waals surface area contributed by atoms with Gasteiger partial charge in [-0.25, -0.2) is 9.78 Å². The van der Waals surface area contributed by atoms with Crippen molar-refractivity contribution in [2.45, 2.75) is 19.0 Å². The molecule has 3 N–H and O–H groups in total. The molecule has 0 radical (unpaired) electrons. The van der Waals surface area contributed by atoms with Gasteiger partial charge in [0.05, 0.1) is 23.4 Å². The molecule has 2 rings (SSSR count). The van der Waals surface area contributed by atoms with Crippen LogP contribution in [0, 0.1) is 5.92 Å². The zero-order valence-electron chi connectivity index (χ0n) is 10.5. The average Bonchev–Trinajstić information content (AvgIpc) is 2.38. The molecule has 1 saturated heterocycles. The van der Waals surface area contributed by atoms with E-state index in [1.165, 1.54) is 11.0 Å². The van der Waals surface area contributed by atoms with E-state index < -0.39 is 18.1 Å². The SMILES string of the molecule is Nc1cnc(N2CCCC(C(F)(F)F)C2)cc1C(=O)O. The molecule has 1 atom stereocenters. The van der Waals surface area contributed by atoms with Crippen LogP contribution in [0.25, 0.3) is 0 Å². The number of carboxylic acid groups (broad SMARTS) is 1. The molecule has 1 fully saturated rings. The number of halogens is 3. The van der Waals surface area contributed by atoms with Crippen LogP contribution in [-0.4, -0.2) is 35.3 Å². The van der Waals surface area contributed by atoms with Crippen molar-refractivity contribution in [3.8, 4) is 0 Å². The fraction of sp³-hybridized carbons (Fsp3) is 0.500. The van der Waals surface area contributed by atoms with E-state index >= 15 is 0 Å². The van der Waals surface area contributed by atoms with Gasteiger partial charge in [-0.05, 0) is 18.9 Å². The number of piperidine rings is 1. The van der Waals surface area contributed by atoms with Gasteiger partial charge in [-0.1, -0.05) is 0 Å². The van der Waals surface area contributed by atoms with Gasteiger partial charge in [-0.3, -0.25) is 0 Å². The Morgan fingerprint density at radius 2 is 2.20 bits per heavy atom. The standard InChI is InChI=1S/C12H14F3N3O2/c13-12(14,15)7-2-1-3-18(6-7)10-4-8(11(19)20)9(16)5-17-10/h4-5,7H,1-3,6,16H2,(H,19,20). The van der Waals surface area contributed by atoms with E-state index in [0.717, 1.165) is 6.20 Å². The Labute approximate surface area is 113 Å². The van der Waals surface area contributed by atoms with Crippen molar-refractivity contribution < 1.29 is 23.1 Å². The number of aromatic nitrogens is 1. The highest BCUT2D eigenvalue weighted by molar-refractivity contribution is 5.94. The summed E-state index contributed by atoms with van der Waals surface area (Å²) in [5.74, 6) is -2.43. The molecule has 5 nitrogen and oxygen atoms in total. The van der Waals surface area contributed by atoms with Crippen LogP contribution in [0.3, 0.4) is 0 Å². The van der Waals surface area contributed by atoms with E-state index in [0.29, 0.717) is 13.0 Å². The van der Waals surface area contributed by atoms with E-state index in [9.17, 15) is 18.0 Å². The fourth-order valence-corrected chi connectivity index (χ4v) is 2.27. The first-order valence-corrected chi connectivity index (χ1v) is 6.09. The van der Waals surface area contributed by atoms with Gasteiger partial charge in [-0.2, -0.15) is 13.2 Å². The number of aromatic carboxylic acids is 1. The molecule has 8 heteroatoms. The summed E-state index contributed by atoms with van der Waals surface area (Å²) >= 11 is 0. The number of nitrogen functional groups attached to an aromatic ring is 1. The number of carboxylic acids is 1. The molecule has 1 aromatic rings. The summed E-state index contributed by atoms with van der Waals surface area (Å²) in [5, 5.41) is 8.96. The lowest BCUT2D eigenvalue weighted by Gasteiger charge is -2.34. The lowest BCUT2D eigenvalue weighted by Crippen LogP contribution is -2.42. The number of hydrogen-bond acceptors (Lipinski definition) is 4. The fourth-order valence-electron chi connectivity index (χ4n) is 2.27. The molecule has 1 aliphatic heterocycles. The zero-order valence-corrected chi connectivity index (χ0v) is 10.5. The summed E-state index contributed by atoms with van der Waals surface area (Å²) in [6.45, 7) is 0.210. The van der Waals surface area contributed by atoms with Crippen molar-refractivity contribution in [3.63, 3.8) is 0 Å². The van der Waals surface area contributed by atoms with Crippen molar-refractivity contribution in [1.82, 2.24) is 4.98 Å². The molecule has 0 amide bonds. The van der Waals surface area contributed by atoms with Gasteiger partial charge in [0.1, 0.15) is 5.82 Å². The third-order valence-electron chi connectivity index (χ3n) is 3.36. The number of nitrogens with two attached hydrogens (primary N) is 1. The van der Waals surface area contributed by atoms with Gasteiger partial charge in [0, 0.05) is 13.1 Å². The number of nitrogens with zero attached hydrogens (tertiary/aromatic N) is 2. The minimum Gasteiger partial charge on any atom is -0.478 e. The number of anilines is 2. The van der Waals surface area contributed by atoms with Gasteiger partial charge >= 0.3 is 12.1 Å². The Hall–Kier alpha value is -1.99. The minimum atomic E-state index is -4.25. The second kappa shape index (κ2) is 5.18. The molecule has 1 aromatic heterocycles. The largest absolute Gasteiger partial charge is 0.478 e. The molecular formula is C12H14F3N3O2. The summed E-state index contributed by atoms with van der Waals surface area (Å²) in [7, 11) is 0. The van der Waals surface area contributed by atoms with Crippen LogP contribution in [0.4, 0.5) is 24.7 Å². The Morgan fingerprint density at radius 3 is 2.80 bits per heavy atom. The van der Waals surface area contributed by atoms with E-state index in [1.807, 2.05) is 0 Å². The number of alkyl halides is 3. The van der Waals surface area contributed by atoms with E-state index in [2.05, 4.69) is 4.98 Å². The molecule has 2 heterocycles. The number of hydrogen-bond donors (Lipinski definition) is 2. The van der Waals surface area contributed by atoms with Crippen LogP contribution in [0.2, 0.25) is 0 Å². The van der Waals surface area contributed by atoms with Gasteiger partial charge in [-0.15, -0.1) is 0 Å². The van der Waals surface area contributed by atoms with E-state index in [4.69, 9.17) is 10.8 Å². The highest BCUT2D eigenvalue weighted by Gasteiger charge is 2.42. The molecule has 0 aromatic carbocycles. The monoisotopic (exact) mass is 289 g/mol. The Balaban J connectivity index is 2.23. The van der Waals surface area contributed by atoms with E-state index in [1.54, 1.807) is 0 Å². The molecule has 0 aliphatic carbocycles. The smallest absolute Gasteiger partial charge is 0.393 e. The molecule has 0 bridgehead atoms. The van der Waals surface area contributed by atoms with Crippen molar-refractivity contribution in [1.29, 1.82) is 0 Å². The highest BCUT2D eigenvalue weighted by atomic mass is 19.4. The Bertz CT molecular complexity index is 519. The molecule has 20 heavy (non-hydrogen) atoms. The van der Waals surface area contributed by atoms with Crippen LogP contribution in [-0.2, 0) is 0 Å². The number of pyridine rings is 1. The Morgan fingerprint density at radius 1 is 1.50 bits per heavy atom. The number of carbonyl (C=O) groups is 1. The van der Waals surface area contributed by atoms with Crippen molar-refractivity contribution in [3.05, 3.63) is 17.8 Å². The lowest BCUT2D eigenvalue weighted by atomic mass is 9.97. The van der Waals surface area contributed by atoms with Crippen LogP contribution < -0.4 is 10.6 Å². The van der Waals surface area contributed by atoms with Crippen LogP contribution in [0.5, 0.6) is 0 Å². The average molecular weight is 289 g/mol. The maximum Gasteiger partial charge on any atom is 0.393 e. The molecule has 1 unspecified atom stereocenters. The first-order chi connectivity index (χ1) is 9.29. The minimum absolute atomic E-state index is 0.00868. The summed E-state index contributed by atoms with van der Waals surface area (Å²) in [4.78, 5) is 16.4. The van der Waals surface area contributed by atoms with Gasteiger partial charge in [0.2, 0.25) is 0 Å². The van der Waals surface area contributed by atoms with Gasteiger partial charge in [0.15, 0.2) is 0 Å². The first kappa shape index (κ1) is 14.4. The summed E-state index contributed by atoms with van der Waals surface area (Å²) in [6.07, 6.45) is -2.61. The van der Waals surface area contributed by atoms with E-state index in [-0.39, 0.29) is 30.0 Å². The van der Waals surface area contributed by atoms with Crippen molar-refractivity contribution >= 4 is 17.5 Å². The molecule has 1 aliphatic rings. The second-order valence-electron chi connectivity index (χ2n) is 4.76. The third kappa shape index (κ3) is 2.94. The van der Waals surface area contributed by atoms with Gasteiger partial charge in [0.25, 0.3) is 0 Å². The third-order valence-corrected chi connectivity index (χ3v) is 3.36. The molecule has 110 valence electrons. The van der Waals surface area contributed by atoms with Crippen LogP contribution in [0.15, 0.2) is 12.3 Å². The quantitative estimate of drug-likeness (QED) is 0.872. The summed E-state index contributed by atoms with van der Waals surface area (Å²) in [6, 6.07) is 1.22. The summed E-state index contributed by atoms with van der Waals surface area (Å²) in [5.41, 5.74) is 5.32. The van der Waals surface area contributed by atoms with Crippen molar-refractivity contribution in [2.24, 2.45) is 5.92 Å². The van der Waals surface area contributed by atoms with Crippen molar-refractivity contribution in [2.75, 3.05) is 23.7 Å². The molecule has 0 saturated carbocycles. The maximum atomic E-state index is 12.7. The predicted octanol–water partition coefficient (Wildman–Crippen LogP) is 2.14. The maximum absolute atomic E-state index is 12.7. The molecular weight excluding hydrogens is 275 g/mol. The highest BCUT2D eigenvalue weighted by Crippen LogP contribution is 2.34. The second-order valence-corrected chi connectivity index (χ2v) is 4.76. The zero-order chi connectivity index (χ0) is 14.9. The predicted molar refractivity (Wildman–Crippen MR) is 66.6 cm³/mol. The van der Waals surface area contributed by atoms with Crippen LogP contribution in [0.1, 0.15) is 23.2 Å². The Kier molecular flexibility index (Phi) is 3.74. The normalized spacial score (nSPS) is 19.9. The number of rotatable bonds is 2. The summed E-state index contributed by atoms with van der Waals surface area (Å²) < 4.78 is 38.2. The first-order valence-electron chi connectivity index (χ1n) is 6.09. The topological polar surface area (TPSA) is 79.5 Å². The van der Waals surface area contributed by atoms with Crippen LogP contribution >= 0.6 is 0 Å².